The average molecular weight is 526 g/mol. The SMILES string of the molecule is Cc1cc2c(cc(C(=O)N3CCN(C(c4ccccc4)c4ccccc4)CC3)n2Cc2ccc(F)cc2F)o1. The Balaban J connectivity index is 1.25. The van der Waals surface area contributed by atoms with Gasteiger partial charge in [-0.3, -0.25) is 9.69 Å². The van der Waals surface area contributed by atoms with E-state index in [1.54, 1.807) is 10.6 Å². The van der Waals surface area contributed by atoms with Gasteiger partial charge in [-0.2, -0.15) is 0 Å². The molecule has 5 nitrogen and oxygen atoms in total. The lowest BCUT2D eigenvalue weighted by Gasteiger charge is -2.39. The molecular weight excluding hydrogens is 496 g/mol. The maximum atomic E-state index is 14.6. The molecule has 0 bridgehead atoms. The molecule has 1 aliphatic rings. The van der Waals surface area contributed by atoms with Crippen LogP contribution in [0.2, 0.25) is 0 Å². The predicted molar refractivity (Wildman–Crippen MR) is 147 cm³/mol. The number of furan rings is 1. The van der Waals surface area contributed by atoms with Gasteiger partial charge >= 0.3 is 0 Å². The second-order valence-corrected chi connectivity index (χ2v) is 10.0. The molecule has 1 amide bonds. The number of piperazine rings is 1. The number of aryl methyl sites for hydroxylation is 1. The summed E-state index contributed by atoms with van der Waals surface area (Å²) in [6.07, 6.45) is 0. The Morgan fingerprint density at radius 3 is 2.10 bits per heavy atom. The molecule has 7 heteroatoms. The topological polar surface area (TPSA) is 41.6 Å². The van der Waals surface area contributed by atoms with Gasteiger partial charge in [0.25, 0.3) is 5.91 Å². The van der Waals surface area contributed by atoms with Gasteiger partial charge in [0.05, 0.1) is 18.1 Å². The Kier molecular flexibility index (Phi) is 6.75. The molecule has 1 aliphatic heterocycles. The minimum absolute atomic E-state index is 0.0969. The Morgan fingerprint density at radius 1 is 0.846 bits per heavy atom. The lowest BCUT2D eigenvalue weighted by atomic mass is 9.96. The third kappa shape index (κ3) is 4.98. The fraction of sp³-hybridized carbons (Fsp3) is 0.219. The van der Waals surface area contributed by atoms with Crippen molar-refractivity contribution < 1.29 is 18.0 Å². The van der Waals surface area contributed by atoms with Gasteiger partial charge in [-0.05, 0) is 24.1 Å². The van der Waals surface area contributed by atoms with E-state index in [2.05, 4.69) is 53.4 Å². The summed E-state index contributed by atoms with van der Waals surface area (Å²) >= 11 is 0. The van der Waals surface area contributed by atoms with Crippen LogP contribution in [0.3, 0.4) is 0 Å². The smallest absolute Gasteiger partial charge is 0.270 e. The molecule has 0 radical (unpaired) electrons. The first kappa shape index (κ1) is 25.1. The highest BCUT2D eigenvalue weighted by Gasteiger charge is 2.30. The Morgan fingerprint density at radius 2 is 1.49 bits per heavy atom. The number of nitrogens with zero attached hydrogens (tertiary/aromatic N) is 3. The summed E-state index contributed by atoms with van der Waals surface area (Å²) in [5.74, 6) is -0.700. The van der Waals surface area contributed by atoms with Crippen LogP contribution in [-0.4, -0.2) is 46.5 Å². The molecule has 3 heterocycles. The molecule has 0 aliphatic carbocycles. The van der Waals surface area contributed by atoms with Crippen molar-refractivity contribution in [2.24, 2.45) is 0 Å². The van der Waals surface area contributed by atoms with Gasteiger partial charge in [-0.15, -0.1) is 0 Å². The molecule has 3 aromatic carbocycles. The monoisotopic (exact) mass is 525 g/mol. The van der Waals surface area contributed by atoms with E-state index in [1.807, 2.05) is 30.0 Å². The van der Waals surface area contributed by atoms with Crippen LogP contribution < -0.4 is 0 Å². The highest BCUT2D eigenvalue weighted by atomic mass is 19.1. The van der Waals surface area contributed by atoms with Crippen molar-refractivity contribution in [1.29, 1.82) is 0 Å². The second-order valence-electron chi connectivity index (χ2n) is 10.0. The fourth-order valence-electron chi connectivity index (χ4n) is 5.56. The molecule has 0 spiro atoms. The van der Waals surface area contributed by atoms with Crippen molar-refractivity contribution in [3.8, 4) is 0 Å². The van der Waals surface area contributed by atoms with Crippen LogP contribution in [0.5, 0.6) is 0 Å². The highest BCUT2D eigenvalue weighted by molar-refractivity contribution is 5.97. The van der Waals surface area contributed by atoms with Gasteiger partial charge in [0.15, 0.2) is 5.58 Å². The van der Waals surface area contributed by atoms with Crippen molar-refractivity contribution in [2.45, 2.75) is 19.5 Å². The van der Waals surface area contributed by atoms with Crippen LogP contribution >= 0.6 is 0 Å². The molecule has 1 saturated heterocycles. The molecule has 5 aromatic rings. The second kappa shape index (κ2) is 10.5. The van der Waals surface area contributed by atoms with Crippen molar-refractivity contribution in [3.05, 3.63) is 131 Å². The van der Waals surface area contributed by atoms with Crippen LogP contribution in [0.25, 0.3) is 11.1 Å². The van der Waals surface area contributed by atoms with E-state index >= 15 is 0 Å². The number of halogens is 2. The van der Waals surface area contributed by atoms with Crippen molar-refractivity contribution in [3.63, 3.8) is 0 Å². The van der Waals surface area contributed by atoms with E-state index in [0.717, 1.165) is 6.07 Å². The van der Waals surface area contributed by atoms with Crippen LogP contribution in [0.4, 0.5) is 8.78 Å². The van der Waals surface area contributed by atoms with Gasteiger partial charge < -0.3 is 13.9 Å². The Hall–Kier alpha value is -4.23. The van der Waals surface area contributed by atoms with E-state index in [-0.39, 0.29) is 18.5 Å². The summed E-state index contributed by atoms with van der Waals surface area (Å²) in [5, 5.41) is 0. The largest absolute Gasteiger partial charge is 0.460 e. The standard InChI is InChI=1S/C32H29F2N3O2/c1-22-18-28-30(39-22)20-29(37(28)21-25-12-13-26(33)19-27(25)34)32(38)36-16-14-35(15-17-36)31(23-8-4-2-5-9-23)24-10-6-3-7-11-24/h2-13,18-20,31H,14-17,21H2,1H3. The number of hydrogen-bond acceptors (Lipinski definition) is 3. The van der Waals surface area contributed by atoms with E-state index < -0.39 is 11.6 Å². The highest BCUT2D eigenvalue weighted by Crippen LogP contribution is 2.31. The van der Waals surface area contributed by atoms with Crippen molar-refractivity contribution >= 4 is 17.0 Å². The zero-order chi connectivity index (χ0) is 26.9. The summed E-state index contributed by atoms with van der Waals surface area (Å²) in [6, 6.07) is 28.0. The fourth-order valence-corrected chi connectivity index (χ4v) is 5.56. The summed E-state index contributed by atoms with van der Waals surface area (Å²) < 4.78 is 35.6. The quantitative estimate of drug-likeness (QED) is 0.257. The first-order valence-corrected chi connectivity index (χ1v) is 13.1. The first-order chi connectivity index (χ1) is 19.0. The number of carbonyl (C=O) groups excluding carboxylic acids is 1. The first-order valence-electron chi connectivity index (χ1n) is 13.1. The predicted octanol–water partition coefficient (Wildman–Crippen LogP) is 6.42. The number of hydrogen-bond donors (Lipinski definition) is 0. The number of aromatic nitrogens is 1. The molecule has 2 aromatic heterocycles. The van der Waals surface area contributed by atoms with Crippen LogP contribution in [0.1, 0.15) is 39.0 Å². The maximum absolute atomic E-state index is 14.6. The lowest BCUT2D eigenvalue weighted by molar-refractivity contribution is 0.0588. The summed E-state index contributed by atoms with van der Waals surface area (Å²) in [5.41, 5.74) is 4.46. The Labute approximate surface area is 225 Å². The summed E-state index contributed by atoms with van der Waals surface area (Å²) in [7, 11) is 0. The van der Waals surface area contributed by atoms with Gasteiger partial charge in [0.1, 0.15) is 23.1 Å². The minimum Gasteiger partial charge on any atom is -0.460 e. The average Bonchev–Trinajstić information content (AvgIpc) is 3.48. The van der Waals surface area contributed by atoms with Crippen LogP contribution in [0.15, 0.2) is 95.4 Å². The summed E-state index contributed by atoms with van der Waals surface area (Å²) in [6.45, 7) is 4.47. The van der Waals surface area contributed by atoms with Crippen LogP contribution in [0, 0.1) is 18.6 Å². The normalized spacial score (nSPS) is 14.4. The molecular formula is C32H29F2N3O2. The zero-order valence-electron chi connectivity index (χ0n) is 21.7. The van der Waals surface area contributed by atoms with E-state index in [9.17, 15) is 13.6 Å². The lowest BCUT2D eigenvalue weighted by Crippen LogP contribution is -2.50. The number of fused-ring (bicyclic) bond motifs is 1. The van der Waals surface area contributed by atoms with E-state index in [0.29, 0.717) is 54.3 Å². The van der Waals surface area contributed by atoms with Crippen LogP contribution in [-0.2, 0) is 6.54 Å². The molecule has 0 saturated carbocycles. The number of amides is 1. The molecule has 39 heavy (non-hydrogen) atoms. The summed E-state index contributed by atoms with van der Waals surface area (Å²) in [4.78, 5) is 18.1. The molecule has 0 atom stereocenters. The van der Waals surface area contributed by atoms with Gasteiger partial charge in [0.2, 0.25) is 0 Å². The third-order valence-electron chi connectivity index (χ3n) is 7.47. The van der Waals surface area contributed by atoms with Crippen molar-refractivity contribution in [2.75, 3.05) is 26.2 Å². The number of benzene rings is 3. The van der Waals surface area contributed by atoms with E-state index in [1.165, 1.54) is 23.3 Å². The molecule has 6 rings (SSSR count). The maximum Gasteiger partial charge on any atom is 0.270 e. The minimum atomic E-state index is -0.642. The molecule has 198 valence electrons. The molecule has 0 N–H and O–H groups in total. The van der Waals surface area contributed by atoms with Gasteiger partial charge in [-0.1, -0.05) is 66.7 Å². The molecule has 0 unspecified atom stereocenters. The van der Waals surface area contributed by atoms with Gasteiger partial charge in [0, 0.05) is 49.9 Å². The molecule has 1 fully saturated rings. The third-order valence-corrected chi connectivity index (χ3v) is 7.47. The van der Waals surface area contributed by atoms with Crippen molar-refractivity contribution in [1.82, 2.24) is 14.4 Å². The number of rotatable bonds is 6. The van der Waals surface area contributed by atoms with Gasteiger partial charge in [-0.25, -0.2) is 8.78 Å². The number of carbonyl (C=O) groups is 1. The zero-order valence-corrected chi connectivity index (χ0v) is 21.7. The van der Waals surface area contributed by atoms with E-state index in [4.69, 9.17) is 4.42 Å². The Bertz CT molecular complexity index is 1560.